The van der Waals surface area contributed by atoms with Gasteiger partial charge in [-0.05, 0) is 26.0 Å². The fraction of sp³-hybridized carbons (Fsp3) is 0.600. The van der Waals surface area contributed by atoms with Crippen molar-refractivity contribution in [2.45, 2.75) is 33.2 Å². The molecule has 0 aliphatic heterocycles. The van der Waals surface area contributed by atoms with E-state index in [9.17, 15) is 0 Å². The van der Waals surface area contributed by atoms with Crippen molar-refractivity contribution >= 4 is 5.82 Å². The van der Waals surface area contributed by atoms with Gasteiger partial charge in [0.2, 0.25) is 0 Å². The van der Waals surface area contributed by atoms with Crippen LogP contribution in [0.2, 0.25) is 0 Å². The zero-order valence-corrected chi connectivity index (χ0v) is 12.3. The molecule has 19 heavy (non-hydrogen) atoms. The molecule has 1 aromatic heterocycles. The molecule has 4 nitrogen and oxygen atoms in total. The number of nitrogens with one attached hydrogen (secondary N) is 1. The van der Waals surface area contributed by atoms with Crippen molar-refractivity contribution in [1.29, 1.82) is 5.26 Å². The number of aromatic nitrogens is 1. The molecule has 0 radical (unpaired) electrons. The van der Waals surface area contributed by atoms with Crippen LogP contribution in [-0.4, -0.2) is 25.1 Å². The zero-order chi connectivity index (χ0) is 14.3. The smallest absolute Gasteiger partial charge is 0.133 e. The van der Waals surface area contributed by atoms with E-state index in [4.69, 9.17) is 5.26 Å². The Balaban J connectivity index is 3.03. The number of hydrogen-bond donors (Lipinski definition) is 1. The normalized spacial score (nSPS) is 12.2. The van der Waals surface area contributed by atoms with Gasteiger partial charge in [0.25, 0.3) is 0 Å². The summed E-state index contributed by atoms with van der Waals surface area (Å²) in [6, 6.07) is 6.53. The van der Waals surface area contributed by atoms with Crippen LogP contribution in [0, 0.1) is 17.2 Å². The second-order valence-electron chi connectivity index (χ2n) is 5.17. The minimum Gasteiger partial charge on any atom is -0.355 e. The average molecular weight is 260 g/mol. The summed E-state index contributed by atoms with van der Waals surface area (Å²) in [6.07, 6.45) is 2.34. The summed E-state index contributed by atoms with van der Waals surface area (Å²) in [5, 5.41) is 12.1. The molecule has 0 aliphatic rings. The molecule has 0 aliphatic carbocycles. The molecule has 1 unspecified atom stereocenters. The van der Waals surface area contributed by atoms with Crippen LogP contribution in [-0.2, 0) is 0 Å². The van der Waals surface area contributed by atoms with E-state index in [2.05, 4.69) is 48.1 Å². The lowest BCUT2D eigenvalue weighted by Crippen LogP contribution is -2.31. The van der Waals surface area contributed by atoms with Crippen LogP contribution < -0.4 is 10.2 Å². The molecule has 0 spiro atoms. The van der Waals surface area contributed by atoms with Gasteiger partial charge in [-0.1, -0.05) is 19.9 Å². The largest absolute Gasteiger partial charge is 0.355 e. The first-order valence-electron chi connectivity index (χ1n) is 6.84. The van der Waals surface area contributed by atoms with Crippen molar-refractivity contribution in [1.82, 2.24) is 10.3 Å². The maximum absolute atomic E-state index is 8.81. The van der Waals surface area contributed by atoms with Crippen molar-refractivity contribution in [3.63, 3.8) is 0 Å². The van der Waals surface area contributed by atoms with E-state index in [1.54, 1.807) is 0 Å². The lowest BCUT2D eigenvalue weighted by molar-refractivity contribution is 0.595. The Hall–Kier alpha value is -1.60. The second-order valence-corrected chi connectivity index (χ2v) is 5.17. The van der Waals surface area contributed by atoms with Crippen LogP contribution in [0.3, 0.4) is 0 Å². The van der Waals surface area contributed by atoms with E-state index in [1.807, 2.05) is 19.3 Å². The Kier molecular flexibility index (Phi) is 6.31. The highest BCUT2D eigenvalue weighted by Crippen LogP contribution is 2.24. The van der Waals surface area contributed by atoms with Crippen LogP contribution in [0.15, 0.2) is 18.3 Å². The summed E-state index contributed by atoms with van der Waals surface area (Å²) in [4.78, 5) is 6.75. The highest BCUT2D eigenvalue weighted by Gasteiger charge is 2.16. The number of nitrogens with zero attached hydrogens (tertiary/aromatic N) is 3. The quantitative estimate of drug-likeness (QED) is 0.819. The van der Waals surface area contributed by atoms with Gasteiger partial charge < -0.3 is 10.2 Å². The minimum absolute atomic E-state index is 0.250. The summed E-state index contributed by atoms with van der Waals surface area (Å²) in [7, 11) is 1.95. The SMILES string of the molecule is CNC(C)c1cccnc1N(CCC#N)CC(C)C. The van der Waals surface area contributed by atoms with Gasteiger partial charge in [0.1, 0.15) is 5.82 Å². The molecule has 1 aromatic rings. The highest BCUT2D eigenvalue weighted by atomic mass is 15.2. The predicted octanol–water partition coefficient (Wildman–Crippen LogP) is 2.74. The topological polar surface area (TPSA) is 52.0 Å². The molecule has 0 bridgehead atoms. The lowest BCUT2D eigenvalue weighted by atomic mass is 10.1. The lowest BCUT2D eigenvalue weighted by Gasteiger charge is -2.28. The summed E-state index contributed by atoms with van der Waals surface area (Å²) in [5.41, 5.74) is 1.18. The van der Waals surface area contributed by atoms with Crippen LogP contribution in [0.1, 0.15) is 38.8 Å². The molecule has 0 fully saturated rings. The van der Waals surface area contributed by atoms with E-state index in [1.165, 1.54) is 5.56 Å². The van der Waals surface area contributed by atoms with Crippen molar-refractivity contribution in [3.05, 3.63) is 23.9 Å². The Morgan fingerprint density at radius 3 is 2.74 bits per heavy atom. The first-order chi connectivity index (χ1) is 9.10. The van der Waals surface area contributed by atoms with Gasteiger partial charge in [-0.3, -0.25) is 0 Å². The summed E-state index contributed by atoms with van der Waals surface area (Å²) >= 11 is 0. The first-order valence-corrected chi connectivity index (χ1v) is 6.84. The van der Waals surface area contributed by atoms with Crippen LogP contribution >= 0.6 is 0 Å². The van der Waals surface area contributed by atoms with Gasteiger partial charge in [0.15, 0.2) is 0 Å². The van der Waals surface area contributed by atoms with Crippen molar-refractivity contribution in [2.24, 2.45) is 5.92 Å². The molecule has 0 aromatic carbocycles. The zero-order valence-electron chi connectivity index (χ0n) is 12.3. The van der Waals surface area contributed by atoms with E-state index in [-0.39, 0.29) is 6.04 Å². The van der Waals surface area contributed by atoms with E-state index < -0.39 is 0 Å². The fourth-order valence-electron chi connectivity index (χ4n) is 2.08. The van der Waals surface area contributed by atoms with E-state index in [0.717, 1.165) is 18.9 Å². The molecule has 0 amide bonds. The average Bonchev–Trinajstić information content (AvgIpc) is 2.42. The molecule has 4 heteroatoms. The second kappa shape index (κ2) is 7.75. The molecule has 1 heterocycles. The van der Waals surface area contributed by atoms with Gasteiger partial charge >= 0.3 is 0 Å². The Labute approximate surface area is 116 Å². The fourth-order valence-corrected chi connectivity index (χ4v) is 2.08. The van der Waals surface area contributed by atoms with Crippen LogP contribution in [0.5, 0.6) is 0 Å². The number of nitriles is 1. The van der Waals surface area contributed by atoms with Crippen molar-refractivity contribution < 1.29 is 0 Å². The Bertz CT molecular complexity index is 422. The maximum atomic E-state index is 8.81. The standard InChI is InChI=1S/C15H24N4/c1-12(2)11-19(10-6-8-16)15-14(13(3)17-4)7-5-9-18-15/h5,7,9,12-13,17H,6,10-11H2,1-4H3. The number of rotatable bonds is 7. The van der Waals surface area contributed by atoms with Crippen molar-refractivity contribution in [2.75, 3.05) is 25.0 Å². The highest BCUT2D eigenvalue weighted by molar-refractivity contribution is 5.48. The number of pyridine rings is 1. The van der Waals surface area contributed by atoms with Gasteiger partial charge in [-0.15, -0.1) is 0 Å². The van der Waals surface area contributed by atoms with E-state index in [0.29, 0.717) is 12.3 Å². The molecule has 104 valence electrons. The third kappa shape index (κ3) is 4.53. The molecular weight excluding hydrogens is 236 g/mol. The van der Waals surface area contributed by atoms with Gasteiger partial charge in [-0.25, -0.2) is 4.98 Å². The number of anilines is 1. The van der Waals surface area contributed by atoms with Crippen LogP contribution in [0.4, 0.5) is 5.82 Å². The van der Waals surface area contributed by atoms with Gasteiger partial charge in [0.05, 0.1) is 12.5 Å². The summed E-state index contributed by atoms with van der Waals surface area (Å²) in [5.74, 6) is 1.53. The molecule has 1 rings (SSSR count). The predicted molar refractivity (Wildman–Crippen MR) is 79.0 cm³/mol. The third-order valence-electron chi connectivity index (χ3n) is 3.09. The summed E-state index contributed by atoms with van der Waals surface area (Å²) < 4.78 is 0. The van der Waals surface area contributed by atoms with E-state index >= 15 is 0 Å². The van der Waals surface area contributed by atoms with Gasteiger partial charge in [-0.2, -0.15) is 5.26 Å². The molecule has 0 saturated carbocycles. The molecular formula is C15H24N4. The Morgan fingerprint density at radius 2 is 2.16 bits per heavy atom. The summed E-state index contributed by atoms with van der Waals surface area (Å²) in [6.45, 7) is 8.14. The van der Waals surface area contributed by atoms with Crippen molar-refractivity contribution in [3.8, 4) is 6.07 Å². The molecule has 1 atom stereocenters. The molecule has 1 N–H and O–H groups in total. The third-order valence-corrected chi connectivity index (χ3v) is 3.09. The maximum Gasteiger partial charge on any atom is 0.133 e. The van der Waals surface area contributed by atoms with Crippen LogP contribution in [0.25, 0.3) is 0 Å². The Morgan fingerprint density at radius 1 is 1.42 bits per heavy atom. The number of hydrogen-bond acceptors (Lipinski definition) is 4. The minimum atomic E-state index is 0.250. The first kappa shape index (κ1) is 15.5. The molecule has 0 saturated heterocycles. The monoisotopic (exact) mass is 260 g/mol. The van der Waals surface area contributed by atoms with Gasteiger partial charge in [0, 0.05) is 30.9 Å².